The van der Waals surface area contributed by atoms with Crippen molar-refractivity contribution >= 4 is 11.6 Å². The zero-order valence-electron chi connectivity index (χ0n) is 16.8. The number of H-pyrrole nitrogens is 1. The molecule has 152 valence electrons. The van der Waals surface area contributed by atoms with Crippen molar-refractivity contribution in [2.24, 2.45) is 5.92 Å². The molecule has 7 heteroatoms. The van der Waals surface area contributed by atoms with Crippen LogP contribution in [0.25, 0.3) is 5.65 Å². The van der Waals surface area contributed by atoms with E-state index in [1.54, 1.807) is 6.92 Å². The third kappa shape index (κ3) is 4.24. The average Bonchev–Trinajstić information content (AvgIpc) is 3.47. The number of nitrogens with zero attached hydrogens (tertiary/aromatic N) is 3. The van der Waals surface area contributed by atoms with E-state index < -0.39 is 5.97 Å². The number of hydrogen-bond donors (Lipinski definition) is 1. The molecule has 1 aliphatic rings. The molecule has 0 amide bonds. The molecular formula is C22H26N4O3. The molecule has 7 nitrogen and oxygen atoms in total. The van der Waals surface area contributed by atoms with Gasteiger partial charge in [-0.25, -0.2) is 14.3 Å². The average molecular weight is 394 g/mol. The summed E-state index contributed by atoms with van der Waals surface area (Å²) in [6.07, 6.45) is 3.96. The van der Waals surface area contributed by atoms with Crippen LogP contribution in [0.1, 0.15) is 48.3 Å². The Hall–Kier alpha value is -2.93. The Balaban J connectivity index is 1.65. The molecular weight excluding hydrogens is 368 g/mol. The third-order valence-corrected chi connectivity index (χ3v) is 5.52. The summed E-state index contributed by atoms with van der Waals surface area (Å²) < 4.78 is 6.37. The fraction of sp³-hybridized carbons (Fsp3) is 0.409. The summed E-state index contributed by atoms with van der Waals surface area (Å²) >= 11 is 0. The number of hydrogen-bond acceptors (Lipinski definition) is 5. The van der Waals surface area contributed by atoms with E-state index in [9.17, 15) is 9.59 Å². The molecule has 1 atom stereocenters. The predicted octanol–water partition coefficient (Wildman–Crippen LogP) is 3.00. The number of carbonyl (C=O) groups is 1. The Morgan fingerprint density at radius 3 is 2.76 bits per heavy atom. The Morgan fingerprint density at radius 2 is 2.07 bits per heavy atom. The summed E-state index contributed by atoms with van der Waals surface area (Å²) in [4.78, 5) is 31.8. The molecule has 4 rings (SSSR count). The number of rotatable bonds is 8. The van der Waals surface area contributed by atoms with Crippen molar-refractivity contribution in [3.05, 3.63) is 69.8 Å². The molecule has 0 spiro atoms. The highest BCUT2D eigenvalue weighted by Crippen LogP contribution is 2.36. The second kappa shape index (κ2) is 8.21. The normalized spacial score (nSPS) is 15.0. The van der Waals surface area contributed by atoms with Crippen LogP contribution in [-0.4, -0.2) is 38.1 Å². The van der Waals surface area contributed by atoms with E-state index in [1.165, 1.54) is 35.2 Å². The van der Waals surface area contributed by atoms with Gasteiger partial charge in [0.15, 0.2) is 5.65 Å². The first kappa shape index (κ1) is 19.4. The number of nitrogens with one attached hydrogen (secondary N) is 1. The van der Waals surface area contributed by atoms with Crippen molar-refractivity contribution in [3.8, 4) is 0 Å². The molecule has 2 heterocycles. The molecule has 3 aromatic rings. The number of fused-ring (bicyclic) bond motifs is 1. The van der Waals surface area contributed by atoms with Crippen LogP contribution in [0.5, 0.6) is 0 Å². The van der Waals surface area contributed by atoms with Gasteiger partial charge in [0.2, 0.25) is 0 Å². The van der Waals surface area contributed by atoms with Gasteiger partial charge in [0.25, 0.3) is 5.56 Å². The van der Waals surface area contributed by atoms with Gasteiger partial charge in [0.05, 0.1) is 12.3 Å². The minimum absolute atomic E-state index is 0.237. The van der Waals surface area contributed by atoms with E-state index in [1.807, 2.05) is 18.2 Å². The summed E-state index contributed by atoms with van der Waals surface area (Å²) in [5.41, 5.74) is 2.23. The standard InChI is InChI=1S/C22H26N4O3/c1-3-29-22(28)19-12-23-26-20(27)11-18(24-21(19)26)14-25(15(2)17-9-10-17)13-16-7-5-4-6-8-16/h4-8,11-12,15,17,23H,3,9-10,13-14H2,1-2H3. The van der Waals surface area contributed by atoms with Crippen LogP contribution < -0.4 is 5.56 Å². The highest BCUT2D eigenvalue weighted by Gasteiger charge is 2.32. The molecule has 1 aliphatic carbocycles. The zero-order chi connectivity index (χ0) is 20.4. The van der Waals surface area contributed by atoms with Gasteiger partial charge in [-0.2, -0.15) is 0 Å². The maximum absolute atomic E-state index is 12.6. The quantitative estimate of drug-likeness (QED) is 0.594. The number of aromatic amines is 1. The summed E-state index contributed by atoms with van der Waals surface area (Å²) in [5.74, 6) is 0.202. The smallest absolute Gasteiger partial charge is 0.343 e. The fourth-order valence-electron chi connectivity index (χ4n) is 3.72. The van der Waals surface area contributed by atoms with Crippen LogP contribution in [0.4, 0.5) is 0 Å². The van der Waals surface area contributed by atoms with Crippen molar-refractivity contribution in [2.75, 3.05) is 6.61 Å². The monoisotopic (exact) mass is 394 g/mol. The Morgan fingerprint density at radius 1 is 1.31 bits per heavy atom. The highest BCUT2D eigenvalue weighted by molar-refractivity contribution is 5.95. The first-order valence-electron chi connectivity index (χ1n) is 10.1. The summed E-state index contributed by atoms with van der Waals surface area (Å²) in [7, 11) is 0. The van der Waals surface area contributed by atoms with Gasteiger partial charge in [-0.15, -0.1) is 0 Å². The Bertz CT molecular complexity index is 1050. The lowest BCUT2D eigenvalue weighted by Gasteiger charge is -2.29. The van der Waals surface area contributed by atoms with Gasteiger partial charge >= 0.3 is 5.97 Å². The highest BCUT2D eigenvalue weighted by atomic mass is 16.5. The van der Waals surface area contributed by atoms with Gasteiger partial charge in [-0.3, -0.25) is 14.8 Å². The van der Waals surface area contributed by atoms with E-state index >= 15 is 0 Å². The van der Waals surface area contributed by atoms with Gasteiger partial charge in [0.1, 0.15) is 5.56 Å². The number of benzene rings is 1. The molecule has 0 bridgehead atoms. The summed E-state index contributed by atoms with van der Waals surface area (Å²) in [6, 6.07) is 12.3. The number of esters is 1. The molecule has 0 saturated heterocycles. The second-order valence-corrected chi connectivity index (χ2v) is 7.62. The van der Waals surface area contributed by atoms with Crippen LogP contribution in [-0.2, 0) is 17.8 Å². The van der Waals surface area contributed by atoms with Crippen molar-refractivity contribution in [1.29, 1.82) is 0 Å². The molecule has 0 aliphatic heterocycles. The minimum atomic E-state index is -0.484. The Kier molecular flexibility index (Phi) is 5.49. The topological polar surface area (TPSA) is 79.7 Å². The van der Waals surface area contributed by atoms with E-state index in [0.29, 0.717) is 29.8 Å². The van der Waals surface area contributed by atoms with Crippen molar-refractivity contribution < 1.29 is 9.53 Å². The first-order chi connectivity index (χ1) is 14.1. The maximum Gasteiger partial charge on any atom is 0.343 e. The van der Waals surface area contributed by atoms with Crippen molar-refractivity contribution in [1.82, 2.24) is 19.5 Å². The molecule has 1 unspecified atom stereocenters. The summed E-state index contributed by atoms with van der Waals surface area (Å²) in [5, 5.41) is 2.79. The van der Waals surface area contributed by atoms with E-state index in [-0.39, 0.29) is 17.7 Å². The minimum Gasteiger partial charge on any atom is -0.462 e. The second-order valence-electron chi connectivity index (χ2n) is 7.62. The number of ether oxygens (including phenoxy) is 1. The molecule has 1 aromatic carbocycles. The fourth-order valence-corrected chi connectivity index (χ4v) is 3.72. The van der Waals surface area contributed by atoms with Crippen molar-refractivity contribution in [3.63, 3.8) is 0 Å². The summed E-state index contributed by atoms with van der Waals surface area (Å²) in [6.45, 7) is 5.60. The van der Waals surface area contributed by atoms with Gasteiger partial charge in [0, 0.05) is 31.4 Å². The predicted molar refractivity (Wildman–Crippen MR) is 110 cm³/mol. The van der Waals surface area contributed by atoms with E-state index in [2.05, 4.69) is 34.0 Å². The molecule has 29 heavy (non-hydrogen) atoms. The molecule has 2 aromatic heterocycles. The largest absolute Gasteiger partial charge is 0.462 e. The molecule has 1 saturated carbocycles. The lowest BCUT2D eigenvalue weighted by Crippen LogP contribution is -2.34. The lowest BCUT2D eigenvalue weighted by atomic mass is 10.1. The van der Waals surface area contributed by atoms with Gasteiger partial charge in [-0.1, -0.05) is 30.3 Å². The number of carbonyl (C=O) groups excluding carboxylic acids is 1. The van der Waals surface area contributed by atoms with Crippen molar-refractivity contribution in [2.45, 2.75) is 45.8 Å². The van der Waals surface area contributed by atoms with Gasteiger partial charge in [-0.05, 0) is 38.2 Å². The van der Waals surface area contributed by atoms with E-state index in [0.717, 1.165) is 6.54 Å². The zero-order valence-corrected chi connectivity index (χ0v) is 16.8. The van der Waals surface area contributed by atoms with E-state index in [4.69, 9.17) is 4.74 Å². The lowest BCUT2D eigenvalue weighted by molar-refractivity contribution is 0.0528. The molecule has 0 radical (unpaired) electrons. The van der Waals surface area contributed by atoms with Crippen LogP contribution in [0.3, 0.4) is 0 Å². The first-order valence-corrected chi connectivity index (χ1v) is 10.1. The maximum atomic E-state index is 12.6. The van der Waals surface area contributed by atoms with Crippen LogP contribution in [0, 0.1) is 5.92 Å². The Labute approximate surface area is 169 Å². The van der Waals surface area contributed by atoms with Crippen LogP contribution >= 0.6 is 0 Å². The molecule has 1 N–H and O–H groups in total. The van der Waals surface area contributed by atoms with Crippen LogP contribution in [0.15, 0.2) is 47.4 Å². The van der Waals surface area contributed by atoms with Crippen LogP contribution in [0.2, 0.25) is 0 Å². The number of aromatic nitrogens is 3. The molecule has 1 fully saturated rings. The van der Waals surface area contributed by atoms with Gasteiger partial charge < -0.3 is 4.74 Å². The third-order valence-electron chi connectivity index (χ3n) is 5.52. The SMILES string of the molecule is CCOC(=O)c1c[nH]n2c(=O)cc(CN(Cc3ccccc3)C(C)C3CC3)nc12.